The summed E-state index contributed by atoms with van der Waals surface area (Å²) in [6.45, 7) is 1.79. The Balaban J connectivity index is 1.97. The van der Waals surface area contributed by atoms with E-state index in [0.717, 1.165) is 6.08 Å². The topological polar surface area (TPSA) is 76.0 Å². The normalized spacial score (nSPS) is 33.5. The number of hydrogen-bond acceptors (Lipinski definition) is 5. The van der Waals surface area contributed by atoms with Gasteiger partial charge in [0.05, 0.1) is 19.3 Å². The van der Waals surface area contributed by atoms with Crippen LogP contribution in [0.2, 0.25) is 0 Å². The average molecular weight is 420 g/mol. The number of carbonyl (C=O) groups excluding carboxylic acids is 1. The molecule has 1 heterocycles. The van der Waals surface area contributed by atoms with E-state index in [2.05, 4.69) is 4.74 Å². The van der Waals surface area contributed by atoms with E-state index in [1.807, 2.05) is 0 Å². The number of allylic oxidation sites excluding steroid dienone is 1. The zero-order chi connectivity index (χ0) is 21.6. The van der Waals surface area contributed by atoms with Crippen LogP contribution < -0.4 is 0 Å². The zero-order valence-corrected chi connectivity index (χ0v) is 16.8. The Bertz CT molecular complexity index is 595. The smallest absolute Gasteiger partial charge is 0.305 e. The van der Waals surface area contributed by atoms with Crippen molar-refractivity contribution in [1.82, 2.24) is 0 Å². The van der Waals surface area contributed by atoms with Crippen molar-refractivity contribution in [3.8, 4) is 0 Å². The van der Waals surface area contributed by atoms with Crippen LogP contribution in [0.4, 0.5) is 13.2 Å². The Morgan fingerprint density at radius 3 is 2.76 bits per heavy atom. The fraction of sp³-hybridized carbons (Fsp3) is 0.762. The molecule has 2 rings (SSSR count). The maximum Gasteiger partial charge on any atom is 0.305 e. The van der Waals surface area contributed by atoms with Crippen LogP contribution in [0, 0.1) is 11.8 Å². The minimum Gasteiger partial charge on any atom is -0.469 e. The van der Waals surface area contributed by atoms with Gasteiger partial charge < -0.3 is 19.7 Å². The predicted octanol–water partition coefficient (Wildman–Crippen LogP) is 3.34. The molecule has 0 aromatic carbocycles. The fourth-order valence-electron chi connectivity index (χ4n) is 3.99. The van der Waals surface area contributed by atoms with Crippen molar-refractivity contribution in [2.24, 2.45) is 11.8 Å². The second kappa shape index (κ2) is 10.6. The van der Waals surface area contributed by atoms with Crippen LogP contribution in [-0.4, -0.2) is 59.8 Å². The van der Waals surface area contributed by atoms with Crippen molar-refractivity contribution in [3.63, 3.8) is 0 Å². The highest BCUT2D eigenvalue weighted by Crippen LogP contribution is 2.46. The number of fused-ring (bicyclic) bond motifs is 1. The predicted molar refractivity (Wildman–Crippen MR) is 101 cm³/mol. The Kier molecular flexibility index (Phi) is 8.73. The van der Waals surface area contributed by atoms with Crippen molar-refractivity contribution in [3.05, 3.63) is 24.3 Å². The molecule has 0 bridgehead atoms. The zero-order valence-electron chi connectivity index (χ0n) is 16.8. The van der Waals surface area contributed by atoms with E-state index in [-0.39, 0.29) is 18.8 Å². The van der Waals surface area contributed by atoms with Gasteiger partial charge in [0.15, 0.2) is 0 Å². The molecule has 5 nitrogen and oxygen atoms in total. The quantitative estimate of drug-likeness (QED) is 0.419. The van der Waals surface area contributed by atoms with Crippen molar-refractivity contribution >= 4 is 5.97 Å². The number of carbonyl (C=O) groups is 1. The fourth-order valence-corrected chi connectivity index (χ4v) is 3.99. The number of unbranched alkanes of at least 4 members (excludes halogenated alkanes) is 1. The molecular formula is C21H31F3O5. The van der Waals surface area contributed by atoms with Crippen LogP contribution in [-0.2, 0) is 14.3 Å². The number of rotatable bonds is 10. The lowest BCUT2D eigenvalue weighted by atomic mass is 9.88. The van der Waals surface area contributed by atoms with Crippen molar-refractivity contribution in [2.75, 3.05) is 7.11 Å². The Morgan fingerprint density at radius 2 is 2.10 bits per heavy atom. The van der Waals surface area contributed by atoms with Crippen LogP contribution in [0.1, 0.15) is 45.4 Å². The molecule has 2 aliphatic rings. The highest BCUT2D eigenvalue weighted by atomic mass is 19.3. The number of ether oxygens (including phenoxy) is 2. The molecule has 1 aliphatic carbocycles. The number of aliphatic hydroxyl groups excluding tert-OH is 2. The second-order valence-corrected chi connectivity index (χ2v) is 7.78. The van der Waals surface area contributed by atoms with Gasteiger partial charge in [-0.05, 0) is 12.8 Å². The van der Waals surface area contributed by atoms with Crippen LogP contribution in [0.25, 0.3) is 0 Å². The molecule has 0 aromatic heterocycles. The van der Waals surface area contributed by atoms with Crippen LogP contribution >= 0.6 is 0 Å². The van der Waals surface area contributed by atoms with Gasteiger partial charge in [0.1, 0.15) is 18.4 Å². The van der Waals surface area contributed by atoms with E-state index in [9.17, 15) is 28.2 Å². The van der Waals surface area contributed by atoms with Gasteiger partial charge in [-0.1, -0.05) is 37.6 Å². The van der Waals surface area contributed by atoms with Gasteiger partial charge in [0.2, 0.25) is 0 Å². The summed E-state index contributed by atoms with van der Waals surface area (Å²) in [4.78, 5) is 11.1. The molecule has 166 valence electrons. The molecule has 2 fully saturated rings. The minimum atomic E-state index is -3.26. The minimum absolute atomic E-state index is 0.178. The molecule has 1 unspecified atom stereocenters. The molecule has 2 N–H and O–H groups in total. The second-order valence-electron chi connectivity index (χ2n) is 7.78. The maximum absolute atomic E-state index is 14.9. The van der Waals surface area contributed by atoms with Crippen LogP contribution in [0.15, 0.2) is 24.3 Å². The third-order valence-electron chi connectivity index (χ3n) is 5.69. The van der Waals surface area contributed by atoms with E-state index in [4.69, 9.17) is 4.74 Å². The Hall–Kier alpha value is -1.38. The summed E-state index contributed by atoms with van der Waals surface area (Å²) in [5.74, 6) is -5.01. The van der Waals surface area contributed by atoms with Gasteiger partial charge in [0.25, 0.3) is 5.92 Å². The van der Waals surface area contributed by atoms with Crippen LogP contribution in [0.3, 0.4) is 0 Å². The standard InChI is InChI=1S/C21H31F3O5/c1-3-4-11-21(23,24)17(26)10-9-13-14(25)12-16-19(13)20(22)15(29-16)7-5-6-8-18(27)28-2/h5,7,9-10,13-17,19-20,25-26H,3-4,6,8,11-12H2,1-2H3/b7-5+,10-9+/t13-,14+,15+,16+,17+,19+,20?/m0/s1. The summed E-state index contributed by atoms with van der Waals surface area (Å²) in [5, 5.41) is 20.0. The van der Waals surface area contributed by atoms with Crippen LogP contribution in [0.5, 0.6) is 0 Å². The first kappa shape index (κ1) is 23.9. The summed E-state index contributed by atoms with van der Waals surface area (Å²) in [5.41, 5.74) is 0. The summed E-state index contributed by atoms with van der Waals surface area (Å²) < 4.78 is 53.0. The molecule has 8 heteroatoms. The Morgan fingerprint density at radius 1 is 1.38 bits per heavy atom. The van der Waals surface area contributed by atoms with E-state index < -0.39 is 54.8 Å². The number of esters is 1. The molecule has 0 amide bonds. The first-order valence-corrected chi connectivity index (χ1v) is 10.2. The third kappa shape index (κ3) is 6.06. The Labute approximate surface area is 169 Å². The molecule has 0 spiro atoms. The van der Waals surface area contributed by atoms with Gasteiger partial charge in [-0.2, -0.15) is 0 Å². The lowest BCUT2D eigenvalue weighted by Crippen LogP contribution is -2.33. The number of halogens is 3. The lowest BCUT2D eigenvalue weighted by Gasteiger charge is -2.22. The maximum atomic E-state index is 14.9. The largest absolute Gasteiger partial charge is 0.469 e. The molecule has 7 atom stereocenters. The van der Waals surface area contributed by atoms with Crippen molar-refractivity contribution in [2.45, 2.75) is 82.0 Å². The van der Waals surface area contributed by atoms with Gasteiger partial charge in [-0.25, -0.2) is 13.2 Å². The first-order chi connectivity index (χ1) is 13.7. The summed E-state index contributed by atoms with van der Waals surface area (Å²) in [6.07, 6.45) is 1.04. The monoisotopic (exact) mass is 420 g/mol. The number of aliphatic hydroxyl groups is 2. The SMILES string of the molecule is CCCCC(F)(F)[C@H](O)/C=C/[C@@H]1[C@H]2C(F)[C@@H](/C=C/CCC(=O)OC)O[C@@H]2C[C@H]1O. The van der Waals surface area contributed by atoms with E-state index in [1.54, 1.807) is 19.1 Å². The molecular weight excluding hydrogens is 389 g/mol. The van der Waals surface area contributed by atoms with Crippen molar-refractivity contribution < 1.29 is 37.7 Å². The molecule has 29 heavy (non-hydrogen) atoms. The third-order valence-corrected chi connectivity index (χ3v) is 5.69. The molecule has 0 radical (unpaired) electrons. The highest BCUT2D eigenvalue weighted by molar-refractivity contribution is 5.69. The summed E-state index contributed by atoms with van der Waals surface area (Å²) >= 11 is 0. The summed E-state index contributed by atoms with van der Waals surface area (Å²) in [6, 6.07) is 0. The molecule has 0 aromatic rings. The van der Waals surface area contributed by atoms with E-state index in [0.29, 0.717) is 19.3 Å². The van der Waals surface area contributed by atoms with Gasteiger partial charge in [-0.3, -0.25) is 4.79 Å². The molecule has 1 saturated carbocycles. The van der Waals surface area contributed by atoms with Gasteiger partial charge in [-0.15, -0.1) is 0 Å². The first-order valence-electron chi connectivity index (χ1n) is 10.2. The number of alkyl halides is 3. The molecule has 1 aliphatic heterocycles. The van der Waals surface area contributed by atoms with E-state index in [1.165, 1.54) is 13.2 Å². The van der Waals surface area contributed by atoms with Gasteiger partial charge >= 0.3 is 5.97 Å². The summed E-state index contributed by atoms with van der Waals surface area (Å²) in [7, 11) is 1.29. The lowest BCUT2D eigenvalue weighted by molar-refractivity contribution is -0.140. The van der Waals surface area contributed by atoms with Gasteiger partial charge in [0, 0.05) is 31.1 Å². The van der Waals surface area contributed by atoms with E-state index >= 15 is 0 Å². The van der Waals surface area contributed by atoms with Crippen molar-refractivity contribution in [1.29, 1.82) is 0 Å². The highest BCUT2D eigenvalue weighted by Gasteiger charge is 2.54. The number of methoxy groups -OCH3 is 1. The average Bonchev–Trinajstić information content (AvgIpc) is 3.16. The number of hydrogen-bond donors (Lipinski definition) is 2. The molecule has 1 saturated heterocycles.